The number of hydrogen-bond donors (Lipinski definition) is 4. The summed E-state index contributed by atoms with van der Waals surface area (Å²) in [6.45, 7) is 0. The van der Waals surface area contributed by atoms with Crippen molar-refractivity contribution in [2.75, 3.05) is 10.9 Å². The first-order valence-corrected chi connectivity index (χ1v) is 10.6. The van der Waals surface area contributed by atoms with Crippen LogP contribution in [0.25, 0.3) is 10.8 Å². The lowest BCUT2D eigenvalue weighted by Gasteiger charge is -2.12. The van der Waals surface area contributed by atoms with Gasteiger partial charge in [-0.1, -0.05) is 48.5 Å². The van der Waals surface area contributed by atoms with Crippen LogP contribution in [0.5, 0.6) is 0 Å². The molecule has 0 saturated carbocycles. The normalized spacial score (nSPS) is 10.4. The van der Waals surface area contributed by atoms with Crippen molar-refractivity contribution in [3.05, 3.63) is 98.8 Å². The lowest BCUT2D eigenvalue weighted by atomic mass is 10.0. The zero-order valence-corrected chi connectivity index (χ0v) is 18.9. The van der Waals surface area contributed by atoms with Crippen LogP contribution >= 0.6 is 15.9 Å². The van der Waals surface area contributed by atoms with E-state index in [0.717, 1.165) is 17.1 Å². The molecule has 4 N–H and O–H groups in total. The maximum absolute atomic E-state index is 12.7. The maximum Gasteiger partial charge on any atom is 0.356 e. The van der Waals surface area contributed by atoms with Crippen LogP contribution in [-0.2, 0) is 0 Å². The lowest BCUT2D eigenvalue weighted by Crippen LogP contribution is -2.32. The van der Waals surface area contributed by atoms with Gasteiger partial charge in [0.05, 0.1) is 10.5 Å². The van der Waals surface area contributed by atoms with Gasteiger partial charge in [-0.2, -0.15) is 0 Å². The van der Waals surface area contributed by atoms with E-state index < -0.39 is 22.4 Å². The third-order valence-corrected chi connectivity index (χ3v) is 5.44. The largest absolute Gasteiger partial charge is 0.356 e. The van der Waals surface area contributed by atoms with E-state index in [-0.39, 0.29) is 11.6 Å². The highest BCUT2D eigenvalue weighted by Crippen LogP contribution is 2.28. The van der Waals surface area contributed by atoms with Crippen molar-refractivity contribution in [2.45, 2.75) is 0 Å². The summed E-state index contributed by atoms with van der Waals surface area (Å²) in [5.41, 5.74) is 9.81. The third kappa shape index (κ3) is 4.76. The fourth-order valence-electron chi connectivity index (χ4n) is 3.17. The van der Waals surface area contributed by atoms with Crippen LogP contribution in [0.4, 0.5) is 17.3 Å². The van der Waals surface area contributed by atoms with Gasteiger partial charge in [0.15, 0.2) is 0 Å². The first-order valence-electron chi connectivity index (χ1n) is 9.80. The van der Waals surface area contributed by atoms with Crippen molar-refractivity contribution in [3.8, 4) is 0 Å². The van der Waals surface area contributed by atoms with Crippen molar-refractivity contribution >= 4 is 55.8 Å². The summed E-state index contributed by atoms with van der Waals surface area (Å²) in [6.07, 6.45) is 1.05. The van der Waals surface area contributed by atoms with E-state index in [9.17, 15) is 19.7 Å². The molecule has 0 fully saturated rings. The van der Waals surface area contributed by atoms with Crippen LogP contribution in [0.15, 0.2) is 77.5 Å². The smallest absolute Gasteiger partial charge is 0.276 e. The number of benzene rings is 3. The van der Waals surface area contributed by atoms with Gasteiger partial charge in [-0.25, -0.2) is 9.97 Å². The van der Waals surface area contributed by atoms with Crippen LogP contribution in [0, 0.1) is 10.1 Å². The predicted molar refractivity (Wildman–Crippen MR) is 129 cm³/mol. The summed E-state index contributed by atoms with van der Waals surface area (Å²) in [4.78, 5) is 43.8. The third-order valence-electron chi connectivity index (χ3n) is 4.75. The molecule has 170 valence electrons. The standard InChI is InChI=1S/C22H16BrN7O4/c23-17-11-4-3-9-16(17)22(32)29-27-20-18(30(33)34)19(24-12-25-20)26-28-21(31)15-10-5-7-13-6-1-2-8-14(13)15/h1-12H,(H,28,31)(H,29,32)(H2,24,25,26,27). The minimum absolute atomic E-state index is 0.272. The number of nitrogens with one attached hydrogen (secondary N) is 4. The quantitative estimate of drug-likeness (QED) is 0.211. The molecule has 0 unspecified atom stereocenters. The number of rotatable bonds is 7. The first kappa shape index (κ1) is 22.6. The molecule has 11 nitrogen and oxygen atoms in total. The Hall–Kier alpha value is -4.58. The molecule has 0 radical (unpaired) electrons. The second kappa shape index (κ2) is 9.92. The molecule has 0 saturated heterocycles. The summed E-state index contributed by atoms with van der Waals surface area (Å²) in [5, 5.41) is 13.3. The number of amides is 2. The highest BCUT2D eigenvalue weighted by atomic mass is 79.9. The molecule has 2 amide bonds. The molecule has 0 aliphatic heterocycles. The van der Waals surface area contributed by atoms with Crippen molar-refractivity contribution in [2.24, 2.45) is 0 Å². The zero-order chi connectivity index (χ0) is 24.1. The van der Waals surface area contributed by atoms with E-state index >= 15 is 0 Å². The minimum Gasteiger partial charge on any atom is -0.276 e. The predicted octanol–water partition coefficient (Wildman–Crippen LogP) is 3.81. The number of hydrazine groups is 2. The Balaban J connectivity index is 1.52. The summed E-state index contributed by atoms with van der Waals surface area (Å²) < 4.78 is 0.546. The Morgan fingerprint density at radius 2 is 1.35 bits per heavy atom. The molecule has 1 heterocycles. The van der Waals surface area contributed by atoms with Crippen molar-refractivity contribution in [3.63, 3.8) is 0 Å². The van der Waals surface area contributed by atoms with Crippen LogP contribution in [0.3, 0.4) is 0 Å². The second-order valence-corrected chi connectivity index (χ2v) is 7.70. The van der Waals surface area contributed by atoms with Gasteiger partial charge in [-0.15, -0.1) is 0 Å². The summed E-state index contributed by atoms with van der Waals surface area (Å²) in [5.74, 6) is -1.60. The molecule has 0 spiro atoms. The van der Waals surface area contributed by atoms with Crippen LogP contribution in [0.1, 0.15) is 20.7 Å². The van der Waals surface area contributed by atoms with E-state index in [4.69, 9.17) is 0 Å². The molecule has 34 heavy (non-hydrogen) atoms. The molecule has 12 heteroatoms. The number of nitro groups is 1. The van der Waals surface area contributed by atoms with Crippen molar-refractivity contribution in [1.29, 1.82) is 0 Å². The van der Waals surface area contributed by atoms with Gasteiger partial charge in [0.25, 0.3) is 11.8 Å². The number of hydrogen-bond acceptors (Lipinski definition) is 8. The minimum atomic E-state index is -0.737. The molecule has 4 rings (SSSR count). The van der Waals surface area contributed by atoms with Crippen LogP contribution in [-0.4, -0.2) is 26.7 Å². The number of aromatic nitrogens is 2. The molecular formula is C22H16BrN7O4. The topological polar surface area (TPSA) is 151 Å². The summed E-state index contributed by atoms with van der Waals surface area (Å²) in [7, 11) is 0. The number of carbonyl (C=O) groups is 2. The zero-order valence-electron chi connectivity index (χ0n) is 17.3. The summed E-state index contributed by atoms with van der Waals surface area (Å²) in [6, 6.07) is 19.3. The van der Waals surface area contributed by atoms with Gasteiger partial charge in [0.2, 0.25) is 11.6 Å². The van der Waals surface area contributed by atoms with Crippen LogP contribution < -0.4 is 21.7 Å². The molecule has 0 bridgehead atoms. The Morgan fingerprint density at radius 1 is 0.794 bits per heavy atom. The van der Waals surface area contributed by atoms with Gasteiger partial charge in [-0.3, -0.25) is 41.4 Å². The SMILES string of the molecule is O=C(NNc1ncnc(NNC(=O)c2cccc3ccccc23)c1[N+](=O)[O-])c1ccccc1Br. The van der Waals surface area contributed by atoms with Crippen molar-refractivity contribution < 1.29 is 14.5 Å². The van der Waals surface area contributed by atoms with Crippen LogP contribution in [0.2, 0.25) is 0 Å². The lowest BCUT2D eigenvalue weighted by molar-refractivity contribution is -0.383. The molecule has 4 aromatic rings. The van der Waals surface area contributed by atoms with E-state index in [1.807, 2.05) is 24.3 Å². The van der Waals surface area contributed by atoms with Gasteiger partial charge in [0, 0.05) is 10.0 Å². The second-order valence-electron chi connectivity index (χ2n) is 6.84. The first-order chi connectivity index (χ1) is 16.5. The van der Waals surface area contributed by atoms with Gasteiger partial charge < -0.3 is 0 Å². The summed E-state index contributed by atoms with van der Waals surface area (Å²) >= 11 is 3.27. The Bertz CT molecular complexity index is 1410. The number of nitrogens with zero attached hydrogens (tertiary/aromatic N) is 3. The fraction of sp³-hybridized carbons (Fsp3) is 0. The van der Waals surface area contributed by atoms with Crippen molar-refractivity contribution in [1.82, 2.24) is 20.8 Å². The van der Waals surface area contributed by atoms with E-state index in [1.165, 1.54) is 0 Å². The fourth-order valence-corrected chi connectivity index (χ4v) is 3.63. The van der Waals surface area contributed by atoms with Gasteiger partial charge in [0.1, 0.15) is 6.33 Å². The molecule has 0 aliphatic carbocycles. The molecule has 1 aromatic heterocycles. The monoisotopic (exact) mass is 521 g/mol. The highest BCUT2D eigenvalue weighted by Gasteiger charge is 2.24. The number of fused-ring (bicyclic) bond motifs is 1. The average molecular weight is 522 g/mol. The Kier molecular flexibility index (Phi) is 6.59. The molecule has 0 atom stereocenters. The van der Waals surface area contributed by atoms with Gasteiger partial charge >= 0.3 is 5.69 Å². The van der Waals surface area contributed by atoms with E-state index in [1.54, 1.807) is 42.5 Å². The number of anilines is 2. The number of carbonyl (C=O) groups excluding carboxylic acids is 2. The highest BCUT2D eigenvalue weighted by molar-refractivity contribution is 9.10. The molecule has 0 aliphatic rings. The molecule has 3 aromatic carbocycles. The maximum atomic E-state index is 12.7. The Morgan fingerprint density at radius 3 is 2.03 bits per heavy atom. The molecular weight excluding hydrogens is 506 g/mol. The van der Waals surface area contributed by atoms with Gasteiger partial charge in [-0.05, 0) is 44.9 Å². The number of halogens is 1. The van der Waals surface area contributed by atoms with E-state index in [0.29, 0.717) is 15.6 Å². The van der Waals surface area contributed by atoms with E-state index in [2.05, 4.69) is 47.6 Å². The average Bonchev–Trinajstić information content (AvgIpc) is 2.85. The Labute approximate surface area is 200 Å².